The summed E-state index contributed by atoms with van der Waals surface area (Å²) in [5.41, 5.74) is 1.63. The third kappa shape index (κ3) is 2.67. The lowest BCUT2D eigenvalue weighted by molar-refractivity contribution is -0.119. The second-order valence-corrected chi connectivity index (χ2v) is 4.31. The van der Waals surface area contributed by atoms with Crippen molar-refractivity contribution >= 4 is 11.5 Å². The minimum absolute atomic E-state index is 0.126. The van der Waals surface area contributed by atoms with E-state index in [1.165, 1.54) is 0 Å². The fourth-order valence-electron chi connectivity index (χ4n) is 1.92. The zero-order chi connectivity index (χ0) is 12.3. The van der Waals surface area contributed by atoms with Crippen molar-refractivity contribution in [1.29, 1.82) is 0 Å². The molecule has 1 unspecified atom stereocenters. The number of carbonyl (C=O) groups excluding carboxylic acids is 1. The number of rotatable bonds is 3. The lowest BCUT2D eigenvalue weighted by Gasteiger charge is -2.19. The van der Waals surface area contributed by atoms with Gasteiger partial charge in [-0.15, -0.1) is 0 Å². The summed E-state index contributed by atoms with van der Waals surface area (Å²) in [6.07, 6.45) is 3.89. The number of Topliss-reactive ketones (excluding diaryl/α,β-unsaturated/α-hetero) is 1. The van der Waals surface area contributed by atoms with E-state index < -0.39 is 0 Å². The number of hydrogen-bond donors (Lipinski definition) is 1. The molecule has 0 aliphatic heterocycles. The van der Waals surface area contributed by atoms with Crippen LogP contribution in [-0.2, 0) is 4.79 Å². The summed E-state index contributed by atoms with van der Waals surface area (Å²) in [6, 6.07) is 7.57. The topological polar surface area (TPSA) is 38.3 Å². The first-order valence-electron chi connectivity index (χ1n) is 5.86. The van der Waals surface area contributed by atoms with E-state index in [1.807, 2.05) is 37.3 Å². The molecule has 0 spiro atoms. The molecule has 90 valence electrons. The van der Waals surface area contributed by atoms with E-state index in [2.05, 4.69) is 5.32 Å². The fourth-order valence-corrected chi connectivity index (χ4v) is 1.92. The lowest BCUT2D eigenvalue weighted by Crippen LogP contribution is -2.22. The molecule has 1 aliphatic carbocycles. The van der Waals surface area contributed by atoms with Crippen molar-refractivity contribution in [2.45, 2.75) is 19.8 Å². The number of methoxy groups -OCH3 is 1. The molecule has 1 atom stereocenters. The molecular weight excluding hydrogens is 214 g/mol. The molecule has 0 saturated carbocycles. The van der Waals surface area contributed by atoms with Gasteiger partial charge in [-0.2, -0.15) is 0 Å². The van der Waals surface area contributed by atoms with Gasteiger partial charge in [0.25, 0.3) is 0 Å². The molecule has 0 fully saturated rings. The van der Waals surface area contributed by atoms with Crippen LogP contribution in [0.2, 0.25) is 0 Å². The summed E-state index contributed by atoms with van der Waals surface area (Å²) in [4.78, 5) is 11.9. The summed E-state index contributed by atoms with van der Waals surface area (Å²) < 4.78 is 5.09. The summed E-state index contributed by atoms with van der Waals surface area (Å²) in [7, 11) is 1.64. The van der Waals surface area contributed by atoms with Gasteiger partial charge in [-0.1, -0.05) is 13.0 Å². The monoisotopic (exact) mass is 231 g/mol. The molecule has 0 saturated heterocycles. The van der Waals surface area contributed by atoms with E-state index in [0.717, 1.165) is 24.3 Å². The van der Waals surface area contributed by atoms with Crippen LogP contribution in [-0.4, -0.2) is 12.9 Å². The summed E-state index contributed by atoms with van der Waals surface area (Å²) in [5, 5.41) is 3.17. The van der Waals surface area contributed by atoms with Gasteiger partial charge in [-0.05, 0) is 37.1 Å². The quantitative estimate of drug-likeness (QED) is 0.869. The van der Waals surface area contributed by atoms with Crippen LogP contribution in [0.1, 0.15) is 19.8 Å². The predicted octanol–water partition coefficient (Wildman–Crippen LogP) is 2.99. The van der Waals surface area contributed by atoms with Crippen molar-refractivity contribution in [2.75, 3.05) is 12.4 Å². The largest absolute Gasteiger partial charge is 0.497 e. The molecule has 1 N–H and O–H groups in total. The molecule has 3 nitrogen and oxygen atoms in total. The van der Waals surface area contributed by atoms with Crippen molar-refractivity contribution in [3.05, 3.63) is 36.0 Å². The third-order valence-electron chi connectivity index (χ3n) is 3.03. The van der Waals surface area contributed by atoms with Gasteiger partial charge < -0.3 is 10.1 Å². The molecule has 0 aromatic heterocycles. The van der Waals surface area contributed by atoms with E-state index in [0.29, 0.717) is 5.70 Å². The number of ether oxygens (including phenoxy) is 1. The molecule has 1 aromatic rings. The van der Waals surface area contributed by atoms with Gasteiger partial charge in [0.1, 0.15) is 5.75 Å². The van der Waals surface area contributed by atoms with Crippen LogP contribution in [0.3, 0.4) is 0 Å². The Hall–Kier alpha value is -1.77. The van der Waals surface area contributed by atoms with E-state index in [9.17, 15) is 4.79 Å². The Morgan fingerprint density at radius 1 is 1.29 bits per heavy atom. The molecule has 2 rings (SSSR count). The molecule has 0 amide bonds. The van der Waals surface area contributed by atoms with Crippen molar-refractivity contribution in [2.24, 2.45) is 5.92 Å². The highest BCUT2D eigenvalue weighted by Crippen LogP contribution is 2.23. The Kier molecular flexibility index (Phi) is 3.47. The number of hydrogen-bond acceptors (Lipinski definition) is 3. The van der Waals surface area contributed by atoms with Crippen molar-refractivity contribution in [1.82, 2.24) is 0 Å². The number of benzene rings is 1. The standard InChI is InChI=1S/C14H17NO2/c1-10-4-3-5-13(14(10)16)15-11-6-8-12(17-2)9-7-11/h5-10,15H,3-4H2,1-2H3. The van der Waals surface area contributed by atoms with Gasteiger partial charge in [0.2, 0.25) is 0 Å². The highest BCUT2D eigenvalue weighted by atomic mass is 16.5. The summed E-state index contributed by atoms with van der Waals surface area (Å²) in [5.74, 6) is 1.14. The van der Waals surface area contributed by atoms with Crippen molar-refractivity contribution in [3.8, 4) is 5.75 Å². The third-order valence-corrected chi connectivity index (χ3v) is 3.03. The first-order chi connectivity index (χ1) is 8.20. The molecule has 0 bridgehead atoms. The maximum atomic E-state index is 11.9. The van der Waals surface area contributed by atoms with Gasteiger partial charge >= 0.3 is 0 Å². The van der Waals surface area contributed by atoms with Crippen LogP contribution >= 0.6 is 0 Å². The lowest BCUT2D eigenvalue weighted by atomic mass is 9.92. The molecule has 1 aliphatic rings. The molecule has 0 heterocycles. The second-order valence-electron chi connectivity index (χ2n) is 4.31. The van der Waals surface area contributed by atoms with E-state index >= 15 is 0 Å². The second kappa shape index (κ2) is 5.04. The number of allylic oxidation sites excluding steroid dienone is 2. The highest BCUT2D eigenvalue weighted by Gasteiger charge is 2.21. The number of anilines is 1. The first-order valence-corrected chi connectivity index (χ1v) is 5.86. The predicted molar refractivity (Wildman–Crippen MR) is 68.1 cm³/mol. The van der Waals surface area contributed by atoms with Gasteiger partial charge in [-0.25, -0.2) is 0 Å². The van der Waals surface area contributed by atoms with E-state index in [4.69, 9.17) is 4.74 Å². The van der Waals surface area contributed by atoms with Crippen LogP contribution < -0.4 is 10.1 Å². The van der Waals surface area contributed by atoms with Crippen LogP contribution in [0.25, 0.3) is 0 Å². The first kappa shape index (κ1) is 11.7. The van der Waals surface area contributed by atoms with Gasteiger partial charge in [0, 0.05) is 11.6 Å². The number of ketones is 1. The van der Waals surface area contributed by atoms with Crippen LogP contribution in [0.4, 0.5) is 5.69 Å². The Morgan fingerprint density at radius 3 is 2.65 bits per heavy atom. The molecule has 1 aromatic carbocycles. The van der Waals surface area contributed by atoms with Gasteiger partial charge in [-0.3, -0.25) is 4.79 Å². The van der Waals surface area contributed by atoms with Crippen LogP contribution in [0, 0.1) is 5.92 Å². The highest BCUT2D eigenvalue weighted by molar-refractivity contribution is 6.00. The molecular formula is C14H17NO2. The smallest absolute Gasteiger partial charge is 0.181 e. The minimum atomic E-state index is 0.126. The number of nitrogens with one attached hydrogen (secondary N) is 1. The Labute approximate surface area is 101 Å². The summed E-state index contributed by atoms with van der Waals surface area (Å²) >= 11 is 0. The van der Waals surface area contributed by atoms with E-state index in [1.54, 1.807) is 7.11 Å². The Morgan fingerprint density at radius 2 is 2.00 bits per heavy atom. The van der Waals surface area contributed by atoms with Crippen molar-refractivity contribution < 1.29 is 9.53 Å². The normalized spacial score (nSPS) is 19.8. The SMILES string of the molecule is COc1ccc(NC2=CCCC(C)C2=O)cc1. The molecule has 17 heavy (non-hydrogen) atoms. The molecule has 3 heteroatoms. The molecule has 0 radical (unpaired) electrons. The average Bonchev–Trinajstić information content (AvgIpc) is 2.36. The minimum Gasteiger partial charge on any atom is -0.497 e. The van der Waals surface area contributed by atoms with Crippen LogP contribution in [0.5, 0.6) is 5.75 Å². The fraction of sp³-hybridized carbons (Fsp3) is 0.357. The maximum Gasteiger partial charge on any atom is 0.181 e. The Bertz CT molecular complexity index is 434. The van der Waals surface area contributed by atoms with Gasteiger partial charge in [0.05, 0.1) is 12.8 Å². The maximum absolute atomic E-state index is 11.9. The zero-order valence-electron chi connectivity index (χ0n) is 10.2. The number of carbonyl (C=O) groups is 1. The van der Waals surface area contributed by atoms with Gasteiger partial charge in [0.15, 0.2) is 5.78 Å². The van der Waals surface area contributed by atoms with E-state index in [-0.39, 0.29) is 11.7 Å². The van der Waals surface area contributed by atoms with Crippen LogP contribution in [0.15, 0.2) is 36.0 Å². The Balaban J connectivity index is 2.09. The average molecular weight is 231 g/mol. The summed E-state index contributed by atoms with van der Waals surface area (Å²) in [6.45, 7) is 1.98. The zero-order valence-corrected chi connectivity index (χ0v) is 10.2. The van der Waals surface area contributed by atoms with Crippen molar-refractivity contribution in [3.63, 3.8) is 0 Å².